The molecule has 1 aliphatic rings. The van der Waals surface area contributed by atoms with Crippen LogP contribution in [0.1, 0.15) is 68.5 Å². The highest BCUT2D eigenvalue weighted by Gasteiger charge is 2.31. The van der Waals surface area contributed by atoms with Gasteiger partial charge in [0.25, 0.3) is 11.8 Å². The molecule has 0 saturated carbocycles. The monoisotopic (exact) mass is 805 g/mol. The summed E-state index contributed by atoms with van der Waals surface area (Å²) >= 11 is 2.78. The number of nitrogens with one attached hydrogen (secondary N) is 3. The Morgan fingerprint density at radius 2 is 1.48 bits per heavy atom. The van der Waals surface area contributed by atoms with E-state index in [9.17, 15) is 19.2 Å². The summed E-state index contributed by atoms with van der Waals surface area (Å²) in [6.07, 6.45) is 4.07. The van der Waals surface area contributed by atoms with Gasteiger partial charge in [0, 0.05) is 21.0 Å². The van der Waals surface area contributed by atoms with Gasteiger partial charge in [-0.05, 0) is 103 Å². The second-order valence-electron chi connectivity index (χ2n) is 13.9. The molecular weight excluding hydrogens is 763 g/mol. The molecule has 1 heterocycles. The third-order valence-electron chi connectivity index (χ3n) is 9.88. The molecule has 292 valence electrons. The highest BCUT2D eigenvalue weighted by molar-refractivity contribution is 8.00. The zero-order valence-electron chi connectivity index (χ0n) is 32.2. The van der Waals surface area contributed by atoms with E-state index < -0.39 is 23.0 Å². The van der Waals surface area contributed by atoms with Crippen LogP contribution >= 0.6 is 23.1 Å². The summed E-state index contributed by atoms with van der Waals surface area (Å²) in [5, 5.41) is 8.75. The molecule has 7 rings (SSSR count). The van der Waals surface area contributed by atoms with Crippen LogP contribution in [-0.4, -0.2) is 35.5 Å². The number of benzene rings is 5. The van der Waals surface area contributed by atoms with Gasteiger partial charge < -0.3 is 20.7 Å². The molecule has 0 bridgehead atoms. The molecule has 2 atom stereocenters. The van der Waals surface area contributed by atoms with Gasteiger partial charge in [-0.3, -0.25) is 14.4 Å². The molecule has 0 radical (unpaired) electrons. The third-order valence-corrected chi connectivity index (χ3v) is 12.1. The summed E-state index contributed by atoms with van der Waals surface area (Å²) in [6, 6.07) is 44.0. The Hall–Kier alpha value is -6.23. The fourth-order valence-corrected chi connectivity index (χ4v) is 9.18. The van der Waals surface area contributed by atoms with Crippen molar-refractivity contribution in [1.29, 1.82) is 0 Å². The predicted octanol–water partition coefficient (Wildman–Crippen LogP) is 10.4. The molecule has 3 N–H and O–H groups in total. The quantitative estimate of drug-likeness (QED) is 0.0609. The number of amides is 3. The molecule has 58 heavy (non-hydrogen) atoms. The fourth-order valence-electron chi connectivity index (χ4n) is 6.93. The maximum absolute atomic E-state index is 13.8. The standard InChI is InChI=1S/C48H43N3O5S2/c1-3-56-48(55)43-40-27-26-37(34-16-9-5-10-17-34)29-42(40)58-47(43)51-44(52)31(2)57-39-21-13-20-38(30-39)49-46(54)41(50-45(53)36-18-11-6-12-19-36)28-32-22-24-35(25-23-32)33-14-7-4-8-15-33/h4-25,28,30-31,37H,3,26-27,29H2,1-2H3,(H,49,54)(H,50,53)(H,51,52)/b41-28+. The molecule has 1 aromatic heterocycles. The minimum absolute atomic E-state index is 0.0678. The first-order valence-corrected chi connectivity index (χ1v) is 20.9. The molecule has 5 aromatic carbocycles. The number of ether oxygens (including phenoxy) is 1. The van der Waals surface area contributed by atoms with Crippen molar-refractivity contribution < 1.29 is 23.9 Å². The van der Waals surface area contributed by atoms with Crippen molar-refractivity contribution in [3.05, 3.63) is 178 Å². The Morgan fingerprint density at radius 3 is 2.19 bits per heavy atom. The Morgan fingerprint density at radius 1 is 0.810 bits per heavy atom. The maximum atomic E-state index is 13.8. The molecule has 10 heteroatoms. The van der Waals surface area contributed by atoms with Gasteiger partial charge in [-0.25, -0.2) is 4.79 Å². The van der Waals surface area contributed by atoms with Crippen LogP contribution in [0.15, 0.2) is 150 Å². The van der Waals surface area contributed by atoms with Crippen molar-refractivity contribution in [1.82, 2.24) is 5.32 Å². The highest BCUT2D eigenvalue weighted by Crippen LogP contribution is 2.43. The minimum atomic E-state index is -0.545. The van der Waals surface area contributed by atoms with Gasteiger partial charge in [0.15, 0.2) is 0 Å². The van der Waals surface area contributed by atoms with Crippen LogP contribution in [0.5, 0.6) is 0 Å². The maximum Gasteiger partial charge on any atom is 0.341 e. The molecule has 1 aliphatic carbocycles. The molecule has 0 fully saturated rings. The van der Waals surface area contributed by atoms with Crippen molar-refractivity contribution in [3.63, 3.8) is 0 Å². The number of carbonyl (C=O) groups excluding carboxylic acids is 4. The van der Waals surface area contributed by atoms with E-state index in [4.69, 9.17) is 4.74 Å². The third kappa shape index (κ3) is 9.82. The first-order chi connectivity index (χ1) is 28.2. The molecule has 8 nitrogen and oxygen atoms in total. The van der Waals surface area contributed by atoms with E-state index in [2.05, 4.69) is 28.1 Å². The summed E-state index contributed by atoms with van der Waals surface area (Å²) in [6.45, 7) is 3.82. The summed E-state index contributed by atoms with van der Waals surface area (Å²) in [5.74, 6) is -1.26. The van der Waals surface area contributed by atoms with Crippen molar-refractivity contribution >= 4 is 63.6 Å². The van der Waals surface area contributed by atoms with Crippen LogP contribution in [0.2, 0.25) is 0 Å². The SMILES string of the molecule is CCOC(=O)c1c(NC(=O)C(C)Sc2cccc(NC(=O)/C(=C\c3ccc(-c4ccccc4)cc3)NC(=O)c3ccccc3)c2)sc2c1CCC(c1ccccc1)C2. The molecule has 0 spiro atoms. The van der Waals surface area contributed by atoms with Crippen LogP contribution in [0.3, 0.4) is 0 Å². The second-order valence-corrected chi connectivity index (χ2v) is 16.4. The Balaban J connectivity index is 1.05. The summed E-state index contributed by atoms with van der Waals surface area (Å²) < 4.78 is 5.45. The van der Waals surface area contributed by atoms with Crippen molar-refractivity contribution in [3.8, 4) is 11.1 Å². The molecule has 2 unspecified atom stereocenters. The fraction of sp³-hybridized carbons (Fsp3) is 0.167. The van der Waals surface area contributed by atoms with Crippen LogP contribution in [0, 0.1) is 0 Å². The molecule has 3 amide bonds. The van der Waals surface area contributed by atoms with E-state index in [1.165, 1.54) is 28.7 Å². The van der Waals surface area contributed by atoms with Crippen molar-refractivity contribution in [2.75, 3.05) is 17.2 Å². The average Bonchev–Trinajstić information content (AvgIpc) is 3.62. The number of rotatable bonds is 13. The van der Waals surface area contributed by atoms with Gasteiger partial charge in [-0.15, -0.1) is 23.1 Å². The largest absolute Gasteiger partial charge is 0.462 e. The van der Waals surface area contributed by atoms with Gasteiger partial charge in [-0.2, -0.15) is 0 Å². The number of anilines is 2. The second kappa shape index (κ2) is 18.8. The van der Waals surface area contributed by atoms with E-state index in [-0.39, 0.29) is 18.2 Å². The number of fused-ring (bicyclic) bond motifs is 1. The Labute approximate surface area is 346 Å². The van der Waals surface area contributed by atoms with Crippen LogP contribution in [0.4, 0.5) is 10.7 Å². The van der Waals surface area contributed by atoms with E-state index in [0.29, 0.717) is 27.7 Å². The van der Waals surface area contributed by atoms with Crippen molar-refractivity contribution in [2.24, 2.45) is 0 Å². The van der Waals surface area contributed by atoms with Crippen LogP contribution in [0.25, 0.3) is 17.2 Å². The molecular formula is C48H43N3O5S2. The van der Waals surface area contributed by atoms with Gasteiger partial charge >= 0.3 is 5.97 Å². The average molecular weight is 806 g/mol. The van der Waals surface area contributed by atoms with E-state index in [0.717, 1.165) is 51.3 Å². The first kappa shape index (κ1) is 40.0. The highest BCUT2D eigenvalue weighted by atomic mass is 32.2. The molecule has 6 aromatic rings. The van der Waals surface area contributed by atoms with Gasteiger partial charge in [-0.1, -0.05) is 109 Å². The zero-order chi connectivity index (χ0) is 40.4. The number of thiophene rings is 1. The minimum Gasteiger partial charge on any atom is -0.462 e. The first-order valence-electron chi connectivity index (χ1n) is 19.2. The van der Waals surface area contributed by atoms with Gasteiger partial charge in [0.05, 0.1) is 17.4 Å². The normalized spacial score (nSPS) is 14.1. The van der Waals surface area contributed by atoms with E-state index in [1.54, 1.807) is 62.4 Å². The summed E-state index contributed by atoms with van der Waals surface area (Å²) in [4.78, 5) is 55.8. The predicted molar refractivity (Wildman–Crippen MR) is 234 cm³/mol. The Kier molecular flexibility index (Phi) is 13.0. The number of carbonyl (C=O) groups is 4. The zero-order valence-corrected chi connectivity index (χ0v) is 33.8. The lowest BCUT2D eigenvalue weighted by Gasteiger charge is -2.23. The number of esters is 1. The van der Waals surface area contributed by atoms with Crippen LogP contribution < -0.4 is 16.0 Å². The topological polar surface area (TPSA) is 114 Å². The lowest BCUT2D eigenvalue weighted by molar-refractivity contribution is -0.115. The lowest BCUT2D eigenvalue weighted by Crippen LogP contribution is -2.30. The number of hydrogen-bond acceptors (Lipinski definition) is 7. The van der Waals surface area contributed by atoms with E-state index >= 15 is 0 Å². The summed E-state index contributed by atoms with van der Waals surface area (Å²) in [7, 11) is 0. The lowest BCUT2D eigenvalue weighted by atomic mass is 9.83. The van der Waals surface area contributed by atoms with Crippen LogP contribution in [-0.2, 0) is 27.2 Å². The van der Waals surface area contributed by atoms with E-state index in [1.807, 2.05) is 84.9 Å². The number of hydrogen-bond donors (Lipinski definition) is 3. The van der Waals surface area contributed by atoms with Gasteiger partial charge in [0.1, 0.15) is 10.7 Å². The summed E-state index contributed by atoms with van der Waals surface area (Å²) in [5.41, 5.74) is 6.50. The number of thioether (sulfide) groups is 1. The van der Waals surface area contributed by atoms with Gasteiger partial charge in [0.2, 0.25) is 5.91 Å². The molecule has 0 saturated heterocycles. The Bertz CT molecular complexity index is 2430. The molecule has 0 aliphatic heterocycles. The van der Waals surface area contributed by atoms with Crippen molar-refractivity contribution in [2.45, 2.75) is 49.2 Å². The smallest absolute Gasteiger partial charge is 0.341 e.